The van der Waals surface area contributed by atoms with Crippen LogP contribution in [-0.2, 0) is 19.1 Å². The van der Waals surface area contributed by atoms with E-state index in [0.29, 0.717) is 18.3 Å². The number of carbonyl (C=O) groups excluding carboxylic acids is 3. The van der Waals surface area contributed by atoms with Gasteiger partial charge >= 0.3 is 6.16 Å². The lowest BCUT2D eigenvalue weighted by Gasteiger charge is -2.58. The van der Waals surface area contributed by atoms with Gasteiger partial charge in [0.05, 0.1) is 12.7 Å². The highest BCUT2D eigenvalue weighted by Crippen LogP contribution is 2.67. The molecule has 3 saturated carbocycles. The summed E-state index contributed by atoms with van der Waals surface area (Å²) in [6.07, 6.45) is 7.29. The van der Waals surface area contributed by atoms with Crippen molar-refractivity contribution in [3.05, 3.63) is 23.8 Å². The van der Waals surface area contributed by atoms with Gasteiger partial charge in [0.15, 0.2) is 18.2 Å². The highest BCUT2D eigenvalue weighted by Gasteiger charge is 2.64. The van der Waals surface area contributed by atoms with Crippen LogP contribution in [-0.4, -0.2) is 42.1 Å². The Morgan fingerprint density at radius 1 is 1.26 bits per heavy atom. The van der Waals surface area contributed by atoms with Crippen molar-refractivity contribution in [3.63, 3.8) is 0 Å². The first-order valence-electron chi connectivity index (χ1n) is 11.6. The third-order valence-electron chi connectivity index (χ3n) is 8.78. The molecule has 0 heterocycles. The number of ketones is 2. The predicted molar refractivity (Wildman–Crippen MR) is 114 cm³/mol. The largest absolute Gasteiger partial charge is 0.508 e. The number of allylic oxidation sites excluding steroid dienone is 4. The van der Waals surface area contributed by atoms with Crippen molar-refractivity contribution in [1.82, 2.24) is 0 Å². The number of aliphatic hydroxyl groups is 1. The topological polar surface area (TPSA) is 89.9 Å². The average Bonchev–Trinajstić information content (AvgIpc) is 2.96. The van der Waals surface area contributed by atoms with E-state index in [1.165, 1.54) is 0 Å². The average molecular weight is 431 g/mol. The van der Waals surface area contributed by atoms with Crippen LogP contribution in [0.4, 0.5) is 4.79 Å². The summed E-state index contributed by atoms with van der Waals surface area (Å²) in [5.41, 5.74) is 0.488. The molecule has 0 aromatic carbocycles. The SMILES string of the molecule is CCOC(=O)OCC(=O)C1[C@@H](C)CC2C3CCC4=CC(=O)C=C[C@]4(C)C3C(O)CC21C. The molecule has 3 fully saturated rings. The molecule has 31 heavy (non-hydrogen) atoms. The molecule has 8 atom stereocenters. The van der Waals surface area contributed by atoms with Crippen LogP contribution in [0.15, 0.2) is 23.8 Å². The first-order valence-corrected chi connectivity index (χ1v) is 11.6. The van der Waals surface area contributed by atoms with Gasteiger partial charge in [-0.1, -0.05) is 32.4 Å². The van der Waals surface area contributed by atoms with Crippen LogP contribution in [0.2, 0.25) is 0 Å². The number of rotatable bonds is 4. The zero-order valence-electron chi connectivity index (χ0n) is 18.9. The van der Waals surface area contributed by atoms with Crippen LogP contribution in [0.5, 0.6) is 0 Å². The molecule has 6 nitrogen and oxygen atoms in total. The fourth-order valence-electron chi connectivity index (χ4n) is 7.76. The number of ether oxygens (including phenoxy) is 2. The lowest BCUT2D eigenvalue weighted by Crippen LogP contribution is -2.56. The Morgan fingerprint density at radius 2 is 2.00 bits per heavy atom. The van der Waals surface area contributed by atoms with E-state index in [0.717, 1.165) is 24.8 Å². The third-order valence-corrected chi connectivity index (χ3v) is 8.78. The number of hydrogen-bond acceptors (Lipinski definition) is 6. The first-order chi connectivity index (χ1) is 14.6. The summed E-state index contributed by atoms with van der Waals surface area (Å²) >= 11 is 0. The lowest BCUT2D eigenvalue weighted by atomic mass is 9.46. The molecular formula is C25H34O6. The standard InChI is InChI=1S/C25H34O6/c1-5-30-23(29)31-13-20(28)21-14(2)10-18-17-7-6-15-11-16(26)8-9-24(15,3)22(17)19(27)12-25(18,21)4/h8-9,11,14,17-19,21-22,27H,5-7,10,12-13H2,1-4H3/t14-,17?,18?,19?,21?,22?,24-,25?/m0/s1. The van der Waals surface area contributed by atoms with Crippen LogP contribution in [0, 0.1) is 40.4 Å². The molecule has 4 rings (SSSR count). The highest BCUT2D eigenvalue weighted by atomic mass is 16.7. The van der Waals surface area contributed by atoms with Crippen LogP contribution in [0.3, 0.4) is 0 Å². The normalized spacial score (nSPS) is 43.4. The Labute approximate surface area is 184 Å². The van der Waals surface area contributed by atoms with E-state index in [2.05, 4.69) is 20.8 Å². The number of Topliss-reactive ketones (excluding diaryl/α,β-unsaturated/α-hetero) is 1. The second-order valence-electron chi connectivity index (χ2n) is 10.4. The molecule has 0 aromatic rings. The van der Waals surface area contributed by atoms with E-state index in [9.17, 15) is 19.5 Å². The highest BCUT2D eigenvalue weighted by molar-refractivity contribution is 6.01. The number of fused-ring (bicyclic) bond motifs is 5. The van der Waals surface area contributed by atoms with Gasteiger partial charge in [0.2, 0.25) is 0 Å². The van der Waals surface area contributed by atoms with Gasteiger partial charge in [-0.05, 0) is 67.9 Å². The molecule has 0 bridgehead atoms. The fourth-order valence-corrected chi connectivity index (χ4v) is 7.76. The minimum absolute atomic E-state index is 0.0304. The molecule has 6 heteroatoms. The summed E-state index contributed by atoms with van der Waals surface area (Å²) in [7, 11) is 0. The summed E-state index contributed by atoms with van der Waals surface area (Å²) in [5, 5.41) is 11.4. The van der Waals surface area contributed by atoms with Gasteiger partial charge in [-0.25, -0.2) is 4.79 Å². The first kappa shape index (κ1) is 22.3. The zero-order chi connectivity index (χ0) is 22.6. The molecule has 0 saturated heterocycles. The lowest BCUT2D eigenvalue weighted by molar-refractivity contribution is -0.143. The molecule has 170 valence electrons. The van der Waals surface area contributed by atoms with Crippen molar-refractivity contribution in [3.8, 4) is 0 Å². The Morgan fingerprint density at radius 3 is 2.71 bits per heavy atom. The van der Waals surface area contributed by atoms with Gasteiger partial charge in [-0.15, -0.1) is 0 Å². The van der Waals surface area contributed by atoms with Crippen molar-refractivity contribution in [1.29, 1.82) is 0 Å². The molecule has 0 amide bonds. The maximum absolute atomic E-state index is 13.1. The van der Waals surface area contributed by atoms with Gasteiger partial charge in [0.1, 0.15) is 0 Å². The second-order valence-corrected chi connectivity index (χ2v) is 10.4. The van der Waals surface area contributed by atoms with Crippen molar-refractivity contribution >= 4 is 17.7 Å². The van der Waals surface area contributed by atoms with Gasteiger partial charge in [0.25, 0.3) is 0 Å². The zero-order valence-corrected chi connectivity index (χ0v) is 18.9. The Bertz CT molecular complexity index is 843. The van der Waals surface area contributed by atoms with E-state index in [1.54, 1.807) is 19.1 Å². The van der Waals surface area contributed by atoms with Crippen LogP contribution in [0.1, 0.15) is 53.4 Å². The van der Waals surface area contributed by atoms with Crippen molar-refractivity contribution < 1.29 is 29.0 Å². The van der Waals surface area contributed by atoms with E-state index < -0.39 is 12.3 Å². The summed E-state index contributed by atoms with van der Waals surface area (Å²) in [5.74, 6) is 0.511. The van der Waals surface area contributed by atoms with Gasteiger partial charge < -0.3 is 14.6 Å². The van der Waals surface area contributed by atoms with E-state index in [4.69, 9.17) is 9.47 Å². The summed E-state index contributed by atoms with van der Waals surface area (Å²) in [6, 6.07) is 0. The van der Waals surface area contributed by atoms with Crippen molar-refractivity contribution in [2.45, 2.75) is 59.5 Å². The quantitative estimate of drug-likeness (QED) is 0.681. The van der Waals surface area contributed by atoms with Gasteiger partial charge in [-0.2, -0.15) is 0 Å². The van der Waals surface area contributed by atoms with Gasteiger partial charge in [0, 0.05) is 17.3 Å². The molecule has 6 unspecified atom stereocenters. The third kappa shape index (κ3) is 3.47. The molecule has 0 aliphatic heterocycles. The van der Waals surface area contributed by atoms with E-state index in [-0.39, 0.29) is 53.4 Å². The monoisotopic (exact) mass is 430 g/mol. The predicted octanol–water partition coefficient (Wildman–Crippen LogP) is 3.87. The molecule has 1 N–H and O–H groups in total. The number of carbonyl (C=O) groups is 3. The smallest absolute Gasteiger partial charge is 0.435 e. The molecule has 0 spiro atoms. The number of aliphatic hydroxyl groups excluding tert-OH is 1. The molecule has 0 radical (unpaired) electrons. The minimum Gasteiger partial charge on any atom is -0.435 e. The van der Waals surface area contributed by atoms with Crippen molar-refractivity contribution in [2.75, 3.05) is 13.2 Å². The van der Waals surface area contributed by atoms with E-state index >= 15 is 0 Å². The summed E-state index contributed by atoms with van der Waals surface area (Å²) in [4.78, 5) is 36.7. The Balaban J connectivity index is 1.59. The molecule has 4 aliphatic carbocycles. The summed E-state index contributed by atoms with van der Waals surface area (Å²) < 4.78 is 9.82. The van der Waals surface area contributed by atoms with Gasteiger partial charge in [-0.3, -0.25) is 9.59 Å². The molecule has 0 aromatic heterocycles. The van der Waals surface area contributed by atoms with Crippen LogP contribution < -0.4 is 0 Å². The maximum Gasteiger partial charge on any atom is 0.508 e. The molecule has 4 aliphatic rings. The van der Waals surface area contributed by atoms with Crippen LogP contribution in [0.25, 0.3) is 0 Å². The molecular weight excluding hydrogens is 396 g/mol. The van der Waals surface area contributed by atoms with E-state index in [1.807, 2.05) is 6.08 Å². The van der Waals surface area contributed by atoms with Crippen molar-refractivity contribution in [2.24, 2.45) is 40.4 Å². The maximum atomic E-state index is 13.1. The van der Waals surface area contributed by atoms with Crippen LogP contribution >= 0.6 is 0 Å². The summed E-state index contributed by atoms with van der Waals surface area (Å²) in [6.45, 7) is 8.01. The second kappa shape index (κ2) is 7.88. The number of hydrogen-bond donors (Lipinski definition) is 1. The fraction of sp³-hybridized carbons (Fsp3) is 0.720. The Kier molecular flexibility index (Phi) is 5.65. The Hall–Kier alpha value is -1.95. The minimum atomic E-state index is -0.815.